The van der Waals surface area contributed by atoms with Gasteiger partial charge in [-0.15, -0.1) is 0 Å². The van der Waals surface area contributed by atoms with Crippen LogP contribution in [-0.4, -0.2) is 38.1 Å². The second kappa shape index (κ2) is 4.95. The van der Waals surface area contributed by atoms with Crippen molar-refractivity contribution in [2.45, 2.75) is 31.2 Å². The first-order valence-electron chi connectivity index (χ1n) is 4.54. The van der Waals surface area contributed by atoms with Gasteiger partial charge >= 0.3 is 6.18 Å². The predicted molar refractivity (Wildman–Crippen MR) is 43.8 cm³/mol. The van der Waals surface area contributed by atoms with Crippen molar-refractivity contribution in [3.05, 3.63) is 0 Å². The summed E-state index contributed by atoms with van der Waals surface area (Å²) < 4.78 is 46.2. The fourth-order valence-corrected chi connectivity index (χ4v) is 1.30. The largest absolute Gasteiger partial charge is 0.415 e. The third kappa shape index (κ3) is 3.43. The van der Waals surface area contributed by atoms with Gasteiger partial charge in [-0.05, 0) is 12.8 Å². The molecule has 84 valence electrons. The van der Waals surface area contributed by atoms with Crippen LogP contribution in [0.4, 0.5) is 13.2 Å². The van der Waals surface area contributed by atoms with Crippen LogP contribution in [0.3, 0.4) is 0 Å². The van der Waals surface area contributed by atoms with Crippen molar-refractivity contribution in [2.24, 2.45) is 5.73 Å². The van der Waals surface area contributed by atoms with Crippen LogP contribution < -0.4 is 5.73 Å². The van der Waals surface area contributed by atoms with E-state index in [0.29, 0.717) is 6.61 Å². The second-order valence-electron chi connectivity index (χ2n) is 3.23. The maximum Gasteiger partial charge on any atom is 0.415 e. The summed E-state index contributed by atoms with van der Waals surface area (Å²) in [5.74, 6) is 0. The van der Waals surface area contributed by atoms with Gasteiger partial charge in [0.25, 0.3) is 0 Å². The molecule has 0 aromatic rings. The van der Waals surface area contributed by atoms with Crippen molar-refractivity contribution >= 4 is 0 Å². The summed E-state index contributed by atoms with van der Waals surface area (Å²) in [5, 5.41) is 0. The maximum absolute atomic E-state index is 12.1. The molecule has 1 aliphatic heterocycles. The molecule has 0 aliphatic carbocycles. The molecule has 0 aromatic heterocycles. The number of alkyl halides is 3. The number of halogens is 3. The Hall–Kier alpha value is -0.330. The van der Waals surface area contributed by atoms with Crippen LogP contribution >= 0.6 is 0 Å². The van der Waals surface area contributed by atoms with Crippen molar-refractivity contribution in [3.8, 4) is 0 Å². The lowest BCUT2D eigenvalue weighted by Gasteiger charge is -2.20. The van der Waals surface area contributed by atoms with Crippen LogP contribution in [0.15, 0.2) is 0 Å². The van der Waals surface area contributed by atoms with Gasteiger partial charge in [-0.25, -0.2) is 0 Å². The molecule has 1 saturated heterocycles. The quantitative estimate of drug-likeness (QED) is 0.759. The summed E-state index contributed by atoms with van der Waals surface area (Å²) in [6.07, 6.45) is -4.81. The van der Waals surface area contributed by atoms with E-state index < -0.39 is 18.8 Å². The summed E-state index contributed by atoms with van der Waals surface area (Å²) in [4.78, 5) is 0. The molecular weight excluding hydrogens is 199 g/mol. The fourth-order valence-electron chi connectivity index (χ4n) is 1.30. The molecule has 1 aliphatic rings. The van der Waals surface area contributed by atoms with E-state index in [1.165, 1.54) is 0 Å². The Morgan fingerprint density at radius 2 is 2.21 bits per heavy atom. The van der Waals surface area contributed by atoms with Gasteiger partial charge in [-0.1, -0.05) is 0 Å². The van der Waals surface area contributed by atoms with Crippen molar-refractivity contribution in [1.29, 1.82) is 0 Å². The highest BCUT2D eigenvalue weighted by molar-refractivity contribution is 4.71. The molecule has 1 rings (SSSR count). The predicted octanol–water partition coefficient (Wildman–Crippen LogP) is 1.07. The first-order valence-corrected chi connectivity index (χ1v) is 4.54. The molecule has 2 N–H and O–H groups in total. The highest BCUT2D eigenvalue weighted by Gasteiger charge is 2.40. The lowest BCUT2D eigenvalue weighted by Crippen LogP contribution is -2.39. The summed E-state index contributed by atoms with van der Waals surface area (Å²) in [7, 11) is 0. The Morgan fingerprint density at radius 3 is 2.64 bits per heavy atom. The van der Waals surface area contributed by atoms with Crippen molar-refractivity contribution in [3.63, 3.8) is 0 Å². The molecule has 2 atom stereocenters. The minimum atomic E-state index is -4.38. The molecular formula is C8H14F3NO2. The summed E-state index contributed by atoms with van der Waals surface area (Å²) in [6, 6.07) is 0. The van der Waals surface area contributed by atoms with E-state index in [0.717, 1.165) is 12.8 Å². The van der Waals surface area contributed by atoms with Crippen LogP contribution in [-0.2, 0) is 9.47 Å². The van der Waals surface area contributed by atoms with Crippen molar-refractivity contribution in [2.75, 3.05) is 19.8 Å². The van der Waals surface area contributed by atoms with E-state index in [-0.39, 0.29) is 12.7 Å². The number of ether oxygens (including phenoxy) is 2. The Kier molecular flexibility index (Phi) is 4.15. The standard InChI is InChI=1S/C8H14F3NO2/c9-8(10,11)7(4-12)14-5-6-2-1-3-13-6/h6-7H,1-5,12H2. The van der Waals surface area contributed by atoms with Gasteiger partial charge < -0.3 is 15.2 Å². The topological polar surface area (TPSA) is 44.5 Å². The summed E-state index contributed by atoms with van der Waals surface area (Å²) in [6.45, 7) is 0.0327. The smallest absolute Gasteiger partial charge is 0.376 e. The zero-order valence-electron chi connectivity index (χ0n) is 7.72. The third-order valence-electron chi connectivity index (χ3n) is 2.09. The van der Waals surface area contributed by atoms with E-state index in [1.807, 2.05) is 0 Å². The second-order valence-corrected chi connectivity index (χ2v) is 3.23. The molecule has 3 nitrogen and oxygen atoms in total. The van der Waals surface area contributed by atoms with Gasteiger partial charge in [0.2, 0.25) is 0 Å². The number of hydrogen-bond donors (Lipinski definition) is 1. The average Bonchev–Trinajstić information content (AvgIpc) is 2.55. The molecule has 1 heterocycles. The first-order chi connectivity index (χ1) is 6.54. The molecule has 0 aromatic carbocycles. The van der Waals surface area contributed by atoms with Gasteiger partial charge in [0, 0.05) is 13.2 Å². The molecule has 0 spiro atoms. The molecule has 1 fully saturated rings. The van der Waals surface area contributed by atoms with E-state index in [2.05, 4.69) is 4.74 Å². The van der Waals surface area contributed by atoms with Gasteiger partial charge in [0.05, 0.1) is 12.7 Å². The number of nitrogens with two attached hydrogens (primary N) is 1. The molecule has 6 heteroatoms. The first kappa shape index (κ1) is 11.7. The monoisotopic (exact) mass is 213 g/mol. The van der Waals surface area contributed by atoms with E-state index in [4.69, 9.17) is 10.5 Å². The lowest BCUT2D eigenvalue weighted by molar-refractivity contribution is -0.222. The van der Waals surface area contributed by atoms with Crippen LogP contribution in [0.5, 0.6) is 0 Å². The summed E-state index contributed by atoms with van der Waals surface area (Å²) >= 11 is 0. The minimum Gasteiger partial charge on any atom is -0.376 e. The molecule has 2 unspecified atom stereocenters. The minimum absolute atomic E-state index is 0.0264. The maximum atomic E-state index is 12.1. The molecule has 0 saturated carbocycles. The number of hydrogen-bond acceptors (Lipinski definition) is 3. The Balaban J connectivity index is 2.26. The number of rotatable bonds is 4. The third-order valence-corrected chi connectivity index (χ3v) is 2.09. The van der Waals surface area contributed by atoms with Gasteiger partial charge in [-0.3, -0.25) is 0 Å². The van der Waals surface area contributed by atoms with E-state index >= 15 is 0 Å². The van der Waals surface area contributed by atoms with Gasteiger partial charge in [-0.2, -0.15) is 13.2 Å². The van der Waals surface area contributed by atoms with E-state index in [9.17, 15) is 13.2 Å². The molecule has 0 amide bonds. The Labute approximate surface area is 80.4 Å². The molecule has 0 radical (unpaired) electrons. The lowest BCUT2D eigenvalue weighted by atomic mass is 10.2. The van der Waals surface area contributed by atoms with Crippen LogP contribution in [0, 0.1) is 0 Å². The zero-order chi connectivity index (χ0) is 10.6. The molecule has 14 heavy (non-hydrogen) atoms. The average molecular weight is 213 g/mol. The van der Waals surface area contributed by atoms with Crippen LogP contribution in [0.25, 0.3) is 0 Å². The summed E-state index contributed by atoms with van der Waals surface area (Å²) in [5.41, 5.74) is 4.96. The highest BCUT2D eigenvalue weighted by Crippen LogP contribution is 2.23. The van der Waals surface area contributed by atoms with Crippen molar-refractivity contribution in [1.82, 2.24) is 0 Å². The van der Waals surface area contributed by atoms with Gasteiger partial charge in [0.15, 0.2) is 6.10 Å². The zero-order valence-corrected chi connectivity index (χ0v) is 7.72. The SMILES string of the molecule is NCC(OCC1CCCO1)C(F)(F)F. The van der Waals surface area contributed by atoms with Crippen molar-refractivity contribution < 1.29 is 22.6 Å². The van der Waals surface area contributed by atoms with Crippen LogP contribution in [0.1, 0.15) is 12.8 Å². The fraction of sp³-hybridized carbons (Fsp3) is 1.00. The Morgan fingerprint density at radius 1 is 1.50 bits per heavy atom. The molecule has 0 bridgehead atoms. The highest BCUT2D eigenvalue weighted by atomic mass is 19.4. The van der Waals surface area contributed by atoms with Crippen LogP contribution in [0.2, 0.25) is 0 Å². The Bertz CT molecular complexity index is 168. The normalized spacial score (nSPS) is 25.3. The van der Waals surface area contributed by atoms with E-state index in [1.54, 1.807) is 0 Å². The van der Waals surface area contributed by atoms with Gasteiger partial charge in [0.1, 0.15) is 0 Å².